The quantitative estimate of drug-likeness (QED) is 0.586. The van der Waals surface area contributed by atoms with Crippen molar-refractivity contribution in [3.8, 4) is 11.5 Å². The van der Waals surface area contributed by atoms with Gasteiger partial charge < -0.3 is 20.9 Å². The fourth-order valence-electron chi connectivity index (χ4n) is 2.00. The highest BCUT2D eigenvalue weighted by Crippen LogP contribution is 2.23. The molecule has 0 aliphatic rings. The number of hydrogen-bond donors (Lipinski definition) is 3. The van der Waals surface area contributed by atoms with Crippen LogP contribution in [0.4, 0.5) is 5.69 Å². The summed E-state index contributed by atoms with van der Waals surface area (Å²) in [5, 5.41) is 12.8. The van der Waals surface area contributed by atoms with Gasteiger partial charge in [-0.1, -0.05) is 19.1 Å². The zero-order valence-electron chi connectivity index (χ0n) is 12.8. The Labute approximate surface area is 130 Å². The minimum absolute atomic E-state index is 0.171. The van der Waals surface area contributed by atoms with Crippen LogP contribution in [-0.2, 0) is 13.0 Å². The zero-order valence-corrected chi connectivity index (χ0v) is 12.8. The van der Waals surface area contributed by atoms with Crippen molar-refractivity contribution in [2.45, 2.75) is 19.9 Å². The summed E-state index contributed by atoms with van der Waals surface area (Å²) < 4.78 is 5.13. The maximum Gasteiger partial charge on any atom is 0.193 e. The maximum atomic E-state index is 9.80. The van der Waals surface area contributed by atoms with E-state index in [1.807, 2.05) is 24.3 Å². The standard InChI is InChI=1S/C17H21N3O2/c1-3-12-4-6-14(7-5-12)20-17(18)19-11-13-10-15(22-2)8-9-16(13)21/h4-10,21H,3,11H2,1-2H3,(H3,18,19,20). The molecule has 0 fully saturated rings. The van der Waals surface area contributed by atoms with Crippen LogP contribution in [-0.4, -0.2) is 18.2 Å². The van der Waals surface area contributed by atoms with Gasteiger partial charge in [-0.05, 0) is 42.3 Å². The van der Waals surface area contributed by atoms with Crippen LogP contribution in [0.25, 0.3) is 0 Å². The number of benzene rings is 2. The molecular weight excluding hydrogens is 278 g/mol. The van der Waals surface area contributed by atoms with Crippen molar-refractivity contribution in [1.29, 1.82) is 0 Å². The monoisotopic (exact) mass is 299 g/mol. The lowest BCUT2D eigenvalue weighted by Gasteiger charge is -2.08. The van der Waals surface area contributed by atoms with Gasteiger partial charge in [0.15, 0.2) is 5.96 Å². The lowest BCUT2D eigenvalue weighted by molar-refractivity contribution is 0.411. The normalized spacial score (nSPS) is 11.3. The van der Waals surface area contributed by atoms with E-state index in [4.69, 9.17) is 10.5 Å². The number of aromatic hydroxyl groups is 1. The summed E-state index contributed by atoms with van der Waals surface area (Å²) in [6.45, 7) is 2.38. The number of anilines is 1. The molecule has 2 aromatic rings. The van der Waals surface area contributed by atoms with Crippen molar-refractivity contribution in [2.24, 2.45) is 10.7 Å². The van der Waals surface area contributed by atoms with Crippen LogP contribution < -0.4 is 15.8 Å². The largest absolute Gasteiger partial charge is 0.508 e. The molecule has 0 saturated heterocycles. The Bertz CT molecular complexity index is 651. The number of nitrogens with zero attached hydrogens (tertiary/aromatic N) is 1. The average Bonchev–Trinajstić information content (AvgIpc) is 2.55. The van der Waals surface area contributed by atoms with Crippen molar-refractivity contribution in [2.75, 3.05) is 12.4 Å². The molecule has 0 heterocycles. The Kier molecular flexibility index (Phi) is 5.25. The Morgan fingerprint density at radius 1 is 1.23 bits per heavy atom. The molecule has 0 atom stereocenters. The third kappa shape index (κ3) is 4.15. The molecule has 0 unspecified atom stereocenters. The van der Waals surface area contributed by atoms with E-state index in [1.54, 1.807) is 25.3 Å². The van der Waals surface area contributed by atoms with E-state index in [9.17, 15) is 5.11 Å². The van der Waals surface area contributed by atoms with E-state index in [2.05, 4.69) is 17.2 Å². The molecule has 2 aromatic carbocycles. The number of methoxy groups -OCH3 is 1. The lowest BCUT2D eigenvalue weighted by atomic mass is 10.1. The summed E-state index contributed by atoms with van der Waals surface area (Å²) in [4.78, 5) is 4.24. The third-order valence-electron chi connectivity index (χ3n) is 3.34. The molecule has 0 radical (unpaired) electrons. The van der Waals surface area contributed by atoms with Crippen molar-refractivity contribution < 1.29 is 9.84 Å². The predicted octanol–water partition coefficient (Wildman–Crippen LogP) is 2.89. The number of phenolic OH excluding ortho intramolecular Hbond substituents is 1. The number of rotatable bonds is 5. The van der Waals surface area contributed by atoms with Gasteiger partial charge in [-0.2, -0.15) is 0 Å². The van der Waals surface area contributed by atoms with Crippen LogP contribution >= 0.6 is 0 Å². The van der Waals surface area contributed by atoms with E-state index in [1.165, 1.54) is 5.56 Å². The van der Waals surface area contributed by atoms with Gasteiger partial charge in [0, 0.05) is 11.3 Å². The number of aryl methyl sites for hydroxylation is 1. The zero-order chi connectivity index (χ0) is 15.9. The molecule has 4 N–H and O–H groups in total. The molecule has 0 amide bonds. The van der Waals surface area contributed by atoms with Crippen LogP contribution in [0.1, 0.15) is 18.1 Å². The van der Waals surface area contributed by atoms with Gasteiger partial charge in [0.2, 0.25) is 0 Å². The van der Waals surface area contributed by atoms with E-state index < -0.39 is 0 Å². The molecule has 0 saturated carbocycles. The number of aliphatic imine (C=N–C) groups is 1. The second-order valence-corrected chi connectivity index (χ2v) is 4.87. The van der Waals surface area contributed by atoms with Crippen molar-refractivity contribution in [1.82, 2.24) is 0 Å². The Morgan fingerprint density at radius 3 is 2.59 bits per heavy atom. The topological polar surface area (TPSA) is 79.9 Å². The fraction of sp³-hybridized carbons (Fsp3) is 0.235. The molecule has 0 aliphatic carbocycles. The summed E-state index contributed by atoms with van der Waals surface area (Å²) in [7, 11) is 1.58. The van der Waals surface area contributed by atoms with Crippen LogP contribution in [0.2, 0.25) is 0 Å². The minimum Gasteiger partial charge on any atom is -0.508 e. The molecule has 2 rings (SSSR count). The first-order chi connectivity index (χ1) is 10.6. The fourth-order valence-corrected chi connectivity index (χ4v) is 2.00. The third-order valence-corrected chi connectivity index (χ3v) is 3.34. The second kappa shape index (κ2) is 7.36. The smallest absolute Gasteiger partial charge is 0.193 e. The molecule has 5 heteroatoms. The van der Waals surface area contributed by atoms with Crippen LogP contribution in [0.5, 0.6) is 11.5 Å². The molecule has 22 heavy (non-hydrogen) atoms. The Balaban J connectivity index is 2.02. The molecular formula is C17H21N3O2. The SMILES string of the molecule is CCc1ccc(NC(N)=NCc2cc(OC)ccc2O)cc1. The first kappa shape index (κ1) is 15.7. The number of ether oxygens (including phenoxy) is 1. The molecule has 0 aliphatic heterocycles. The first-order valence-electron chi connectivity index (χ1n) is 7.14. The Morgan fingerprint density at radius 2 is 1.95 bits per heavy atom. The second-order valence-electron chi connectivity index (χ2n) is 4.87. The predicted molar refractivity (Wildman–Crippen MR) is 89.4 cm³/mol. The van der Waals surface area contributed by atoms with Gasteiger partial charge in [-0.15, -0.1) is 0 Å². The minimum atomic E-state index is 0.171. The van der Waals surface area contributed by atoms with Gasteiger partial charge in [0.05, 0.1) is 13.7 Å². The van der Waals surface area contributed by atoms with E-state index in [0.717, 1.165) is 12.1 Å². The highest BCUT2D eigenvalue weighted by molar-refractivity contribution is 5.92. The van der Waals surface area contributed by atoms with Crippen molar-refractivity contribution in [3.05, 3.63) is 53.6 Å². The maximum absolute atomic E-state index is 9.80. The van der Waals surface area contributed by atoms with Crippen LogP contribution in [0.3, 0.4) is 0 Å². The van der Waals surface area contributed by atoms with Gasteiger partial charge in [-0.25, -0.2) is 4.99 Å². The van der Waals surface area contributed by atoms with Crippen LogP contribution in [0.15, 0.2) is 47.5 Å². The molecule has 5 nitrogen and oxygen atoms in total. The van der Waals surface area contributed by atoms with Crippen molar-refractivity contribution in [3.63, 3.8) is 0 Å². The van der Waals surface area contributed by atoms with Gasteiger partial charge in [0.25, 0.3) is 0 Å². The molecule has 0 spiro atoms. The number of hydrogen-bond acceptors (Lipinski definition) is 3. The molecule has 0 bridgehead atoms. The summed E-state index contributed by atoms with van der Waals surface area (Å²) in [5.74, 6) is 1.14. The lowest BCUT2D eigenvalue weighted by Crippen LogP contribution is -2.22. The molecule has 0 aromatic heterocycles. The van der Waals surface area contributed by atoms with Crippen LogP contribution in [0, 0.1) is 0 Å². The average molecular weight is 299 g/mol. The number of phenols is 1. The number of nitrogens with two attached hydrogens (primary N) is 1. The van der Waals surface area contributed by atoms with E-state index >= 15 is 0 Å². The first-order valence-corrected chi connectivity index (χ1v) is 7.14. The van der Waals surface area contributed by atoms with Gasteiger partial charge >= 0.3 is 0 Å². The Hall–Kier alpha value is -2.69. The summed E-state index contributed by atoms with van der Waals surface area (Å²) >= 11 is 0. The van der Waals surface area contributed by atoms with Gasteiger partial charge in [0.1, 0.15) is 11.5 Å². The summed E-state index contributed by atoms with van der Waals surface area (Å²) in [6.07, 6.45) is 0.999. The summed E-state index contributed by atoms with van der Waals surface area (Å²) in [5.41, 5.74) is 8.68. The highest BCUT2D eigenvalue weighted by Gasteiger charge is 2.03. The summed E-state index contributed by atoms with van der Waals surface area (Å²) in [6, 6.07) is 13.0. The highest BCUT2D eigenvalue weighted by atomic mass is 16.5. The van der Waals surface area contributed by atoms with E-state index in [0.29, 0.717) is 17.3 Å². The van der Waals surface area contributed by atoms with Crippen molar-refractivity contribution >= 4 is 11.6 Å². The number of guanidine groups is 1. The van der Waals surface area contributed by atoms with E-state index in [-0.39, 0.29) is 12.3 Å². The van der Waals surface area contributed by atoms with Gasteiger partial charge in [-0.3, -0.25) is 0 Å². The number of nitrogens with one attached hydrogen (secondary N) is 1. The molecule has 116 valence electrons.